The van der Waals surface area contributed by atoms with Crippen LogP contribution in [0.2, 0.25) is 0 Å². The van der Waals surface area contributed by atoms with Crippen LogP contribution in [0.15, 0.2) is 0 Å². The Hall–Kier alpha value is -0.710. The van der Waals surface area contributed by atoms with Crippen LogP contribution in [0.4, 0.5) is 8.78 Å². The summed E-state index contributed by atoms with van der Waals surface area (Å²) in [6, 6.07) is -0.279. The zero-order valence-corrected chi connectivity index (χ0v) is 7.64. The Morgan fingerprint density at radius 1 is 1.62 bits per heavy atom. The van der Waals surface area contributed by atoms with Crippen molar-refractivity contribution in [1.29, 1.82) is 0 Å². The molecule has 5 heteroatoms. The molecule has 1 aliphatic heterocycles. The van der Waals surface area contributed by atoms with Crippen molar-refractivity contribution in [3.63, 3.8) is 0 Å². The Kier molecular flexibility index (Phi) is 2.85. The van der Waals surface area contributed by atoms with E-state index < -0.39 is 11.8 Å². The molecule has 0 spiro atoms. The van der Waals surface area contributed by atoms with Gasteiger partial charge in [0.25, 0.3) is 5.91 Å². The van der Waals surface area contributed by atoms with Gasteiger partial charge < -0.3 is 10.1 Å². The first-order valence-electron chi connectivity index (χ1n) is 4.21. The van der Waals surface area contributed by atoms with Gasteiger partial charge in [-0.05, 0) is 13.3 Å². The Bertz CT molecular complexity index is 203. The van der Waals surface area contributed by atoms with Gasteiger partial charge in [-0.1, -0.05) is 0 Å². The zero-order valence-electron chi connectivity index (χ0n) is 7.64. The predicted octanol–water partition coefficient (Wildman–Crippen LogP) is 0.935. The second-order valence-corrected chi connectivity index (χ2v) is 3.33. The van der Waals surface area contributed by atoms with Crippen molar-refractivity contribution < 1.29 is 18.3 Å². The third-order valence-electron chi connectivity index (χ3n) is 2.09. The first-order chi connectivity index (χ1) is 5.91. The summed E-state index contributed by atoms with van der Waals surface area (Å²) >= 11 is 0. The van der Waals surface area contributed by atoms with Crippen LogP contribution in [0, 0.1) is 0 Å². The van der Waals surface area contributed by atoms with E-state index in [-0.39, 0.29) is 12.1 Å². The first kappa shape index (κ1) is 10.4. The van der Waals surface area contributed by atoms with E-state index in [0.29, 0.717) is 20.0 Å². The molecule has 0 aromatic rings. The molecule has 0 aliphatic carbocycles. The second kappa shape index (κ2) is 3.57. The molecule has 1 N–H and O–H groups in total. The number of alkyl halides is 2. The molecule has 1 aliphatic rings. The summed E-state index contributed by atoms with van der Waals surface area (Å²) in [6.07, 6.45) is 0.425. The van der Waals surface area contributed by atoms with Gasteiger partial charge in [-0.2, -0.15) is 8.78 Å². The lowest BCUT2D eigenvalue weighted by Crippen LogP contribution is -2.46. The number of carbonyl (C=O) groups is 1. The molecule has 1 fully saturated rings. The maximum absolute atomic E-state index is 12.4. The average Bonchev–Trinajstić information content (AvgIpc) is 2.34. The normalized spacial score (nSPS) is 28.9. The minimum Gasteiger partial charge on any atom is -0.376 e. The summed E-state index contributed by atoms with van der Waals surface area (Å²) in [5.41, 5.74) is 0. The summed E-state index contributed by atoms with van der Waals surface area (Å²) in [5, 5.41) is 2.25. The van der Waals surface area contributed by atoms with E-state index >= 15 is 0 Å². The van der Waals surface area contributed by atoms with E-state index in [9.17, 15) is 13.6 Å². The highest BCUT2D eigenvalue weighted by atomic mass is 19.3. The number of halogens is 2. The van der Waals surface area contributed by atoms with E-state index in [2.05, 4.69) is 5.32 Å². The molecule has 2 atom stereocenters. The maximum atomic E-state index is 12.4. The van der Waals surface area contributed by atoms with Crippen LogP contribution in [0.1, 0.15) is 20.3 Å². The van der Waals surface area contributed by atoms with Crippen LogP contribution in [0.3, 0.4) is 0 Å². The van der Waals surface area contributed by atoms with Gasteiger partial charge >= 0.3 is 5.92 Å². The van der Waals surface area contributed by atoms with E-state index in [1.54, 1.807) is 6.92 Å². The minimum atomic E-state index is -3.30. The van der Waals surface area contributed by atoms with Crippen LogP contribution in [-0.4, -0.2) is 30.6 Å². The van der Waals surface area contributed by atoms with Crippen molar-refractivity contribution in [2.75, 3.05) is 6.61 Å². The monoisotopic (exact) mass is 193 g/mol. The lowest BCUT2D eigenvalue weighted by Gasteiger charge is -2.18. The van der Waals surface area contributed by atoms with Gasteiger partial charge in [-0.15, -0.1) is 0 Å². The highest BCUT2D eigenvalue weighted by Gasteiger charge is 2.36. The highest BCUT2D eigenvalue weighted by Crippen LogP contribution is 2.16. The zero-order chi connectivity index (χ0) is 10.1. The van der Waals surface area contributed by atoms with Gasteiger partial charge in [0.15, 0.2) is 0 Å². The topological polar surface area (TPSA) is 38.3 Å². The van der Waals surface area contributed by atoms with E-state index in [0.717, 1.165) is 0 Å². The molecule has 0 radical (unpaired) electrons. The number of hydrogen-bond acceptors (Lipinski definition) is 2. The van der Waals surface area contributed by atoms with Gasteiger partial charge in [-0.25, -0.2) is 0 Å². The van der Waals surface area contributed by atoms with Gasteiger partial charge in [-0.3, -0.25) is 4.79 Å². The molecular formula is C8H13F2NO2. The SMILES string of the molecule is C[C@H]1OCC[C@H]1NC(=O)C(C)(F)F. The third-order valence-corrected chi connectivity index (χ3v) is 2.09. The molecule has 0 bridgehead atoms. The quantitative estimate of drug-likeness (QED) is 0.708. The highest BCUT2D eigenvalue weighted by molar-refractivity contribution is 5.83. The van der Waals surface area contributed by atoms with E-state index in [4.69, 9.17) is 4.74 Å². The number of ether oxygens (including phenoxy) is 1. The smallest absolute Gasteiger partial charge is 0.321 e. The molecule has 0 aromatic carbocycles. The molecule has 1 saturated heterocycles. The summed E-state index contributed by atoms with van der Waals surface area (Å²) in [6.45, 7) is 2.86. The summed E-state index contributed by atoms with van der Waals surface area (Å²) in [7, 11) is 0. The molecule has 13 heavy (non-hydrogen) atoms. The van der Waals surface area contributed by atoms with Gasteiger partial charge in [0, 0.05) is 13.5 Å². The second-order valence-electron chi connectivity index (χ2n) is 3.33. The Morgan fingerprint density at radius 2 is 2.23 bits per heavy atom. The fraction of sp³-hybridized carbons (Fsp3) is 0.875. The van der Waals surface area contributed by atoms with E-state index in [1.807, 2.05) is 0 Å². The molecule has 0 aromatic heterocycles. The van der Waals surface area contributed by atoms with Crippen molar-refractivity contribution in [2.45, 2.75) is 38.3 Å². The largest absolute Gasteiger partial charge is 0.376 e. The molecule has 1 rings (SSSR count). The lowest BCUT2D eigenvalue weighted by molar-refractivity contribution is -0.144. The molecule has 1 amide bonds. The number of nitrogens with one attached hydrogen (secondary N) is 1. The van der Waals surface area contributed by atoms with Crippen molar-refractivity contribution >= 4 is 5.91 Å². The molecule has 76 valence electrons. The Balaban J connectivity index is 2.45. The average molecular weight is 193 g/mol. The number of hydrogen-bond donors (Lipinski definition) is 1. The number of amides is 1. The van der Waals surface area contributed by atoms with Crippen LogP contribution in [-0.2, 0) is 9.53 Å². The molecular weight excluding hydrogens is 180 g/mol. The van der Waals surface area contributed by atoms with Crippen LogP contribution < -0.4 is 5.32 Å². The van der Waals surface area contributed by atoms with Crippen molar-refractivity contribution in [2.24, 2.45) is 0 Å². The van der Waals surface area contributed by atoms with Crippen molar-refractivity contribution in [3.05, 3.63) is 0 Å². The molecule has 1 heterocycles. The van der Waals surface area contributed by atoms with Gasteiger partial charge in [0.1, 0.15) is 0 Å². The predicted molar refractivity (Wildman–Crippen MR) is 42.6 cm³/mol. The lowest BCUT2D eigenvalue weighted by atomic mass is 10.1. The summed E-state index contributed by atoms with van der Waals surface area (Å²) in [4.78, 5) is 10.8. The minimum absolute atomic E-state index is 0.175. The summed E-state index contributed by atoms with van der Waals surface area (Å²) < 4.78 is 30.0. The molecule has 3 nitrogen and oxygen atoms in total. The number of carbonyl (C=O) groups excluding carboxylic acids is 1. The van der Waals surface area contributed by atoms with Crippen molar-refractivity contribution in [3.8, 4) is 0 Å². The molecule has 0 unspecified atom stereocenters. The molecule has 0 saturated carbocycles. The van der Waals surface area contributed by atoms with Gasteiger partial charge in [0.2, 0.25) is 0 Å². The van der Waals surface area contributed by atoms with Crippen LogP contribution >= 0.6 is 0 Å². The maximum Gasteiger partial charge on any atom is 0.321 e. The number of rotatable bonds is 2. The van der Waals surface area contributed by atoms with Crippen molar-refractivity contribution in [1.82, 2.24) is 5.32 Å². The Morgan fingerprint density at radius 3 is 2.62 bits per heavy atom. The van der Waals surface area contributed by atoms with Crippen LogP contribution in [0.5, 0.6) is 0 Å². The standard InChI is InChI=1S/C8H13F2NO2/c1-5-6(3-4-13-5)11-7(12)8(2,9)10/h5-6H,3-4H2,1-2H3,(H,11,12)/t5-,6-/m1/s1. The third kappa shape index (κ3) is 2.62. The Labute approximate surface area is 75.4 Å². The summed E-state index contributed by atoms with van der Waals surface area (Å²) in [5.74, 6) is -4.53. The fourth-order valence-electron chi connectivity index (χ4n) is 1.22. The van der Waals surface area contributed by atoms with Crippen LogP contribution in [0.25, 0.3) is 0 Å². The van der Waals surface area contributed by atoms with Gasteiger partial charge in [0.05, 0.1) is 12.1 Å². The first-order valence-corrected chi connectivity index (χ1v) is 4.21. The van der Waals surface area contributed by atoms with E-state index in [1.165, 1.54) is 0 Å². The fourth-order valence-corrected chi connectivity index (χ4v) is 1.22.